The first kappa shape index (κ1) is 43.9. The molecule has 15 heteroatoms. The van der Waals surface area contributed by atoms with Gasteiger partial charge in [-0.1, -0.05) is 67.2 Å². The maximum atomic E-state index is 14.3. The van der Waals surface area contributed by atoms with E-state index in [1.54, 1.807) is 52.1 Å². The van der Waals surface area contributed by atoms with Gasteiger partial charge in [0, 0.05) is 54.7 Å². The van der Waals surface area contributed by atoms with Crippen molar-refractivity contribution in [2.75, 3.05) is 33.2 Å². The van der Waals surface area contributed by atoms with E-state index in [-0.39, 0.29) is 35.8 Å². The van der Waals surface area contributed by atoms with Crippen LogP contribution in [-0.2, 0) is 44.2 Å². The molecule has 1 aromatic carbocycles. The van der Waals surface area contributed by atoms with Crippen LogP contribution in [0.2, 0.25) is 0 Å². The number of anilines is 1. The number of esters is 1. The van der Waals surface area contributed by atoms with E-state index in [4.69, 9.17) is 23.7 Å². The van der Waals surface area contributed by atoms with Crippen molar-refractivity contribution in [3.05, 3.63) is 47.1 Å². The molecule has 3 heterocycles. The SMILES string of the molecule is COc1cc2cc(c1CI)N(C)C(=O)C[C@H](OC(=O)[C@H](C)N(C)C(=O)CCC(C)(C)S)[C@]1(C)O[C@H]1[C@H](C)[C@@H]1C[C@@](O)(NC(=O)O1)[C@H](OC)/C=C/C=C(\C)C2. The van der Waals surface area contributed by atoms with Crippen LogP contribution >= 0.6 is 35.2 Å². The number of hydrogen-bond donors (Lipinski definition) is 3. The number of carbonyl (C=O) groups is 4. The molecule has 300 valence electrons. The number of rotatable bonds is 9. The zero-order valence-electron chi connectivity index (χ0n) is 32.9. The Kier molecular flexibility index (Phi) is 14.2. The van der Waals surface area contributed by atoms with Crippen molar-refractivity contribution < 1.29 is 48.0 Å². The first-order valence-corrected chi connectivity index (χ1v) is 20.1. The molecule has 3 aliphatic heterocycles. The molecule has 1 aromatic rings. The van der Waals surface area contributed by atoms with Crippen LogP contribution in [-0.4, -0.2) is 109 Å². The molecular weight excluding hydrogens is 829 g/mol. The van der Waals surface area contributed by atoms with Crippen LogP contribution in [0.15, 0.2) is 35.9 Å². The van der Waals surface area contributed by atoms with E-state index in [1.165, 1.54) is 12.0 Å². The fourth-order valence-corrected chi connectivity index (χ4v) is 7.96. The standard InChI is InChI=1S/C39H56IN3O10S/c1-22-12-11-13-30(50-10)39(48)20-29(51-36(47)41-39)23(2)34-38(6,53-34)31(52-35(46)24(3)42(7)32(44)14-15-37(4,5)54)19-33(45)43(8)27-17-25(16-22)18-28(49-9)26(27)21-40/h11-13,17-18,23-24,29-31,34,48,54H,14-16,19-21H2,1-10H3,(H,41,47)/b13-11+,22-12+/t23-,24+,29+,30-,31+,34+,38+,39+/m1/s1. The number of alkyl carbamates (subject to hydrolysis) is 1. The summed E-state index contributed by atoms with van der Waals surface area (Å²) in [5, 5.41) is 14.3. The van der Waals surface area contributed by atoms with Crippen LogP contribution in [0.25, 0.3) is 0 Å². The molecule has 3 aliphatic rings. The molecule has 0 aromatic heterocycles. The minimum atomic E-state index is -1.81. The molecule has 4 bridgehead atoms. The first-order chi connectivity index (χ1) is 25.2. The summed E-state index contributed by atoms with van der Waals surface area (Å²) in [6, 6.07) is 2.94. The Morgan fingerprint density at radius 2 is 1.94 bits per heavy atom. The predicted molar refractivity (Wildman–Crippen MR) is 216 cm³/mol. The number of halogens is 1. The van der Waals surface area contributed by atoms with Crippen LogP contribution in [0.4, 0.5) is 10.5 Å². The summed E-state index contributed by atoms with van der Waals surface area (Å²) < 4.78 is 29.8. The Morgan fingerprint density at radius 3 is 2.56 bits per heavy atom. The topological polar surface area (TPSA) is 156 Å². The van der Waals surface area contributed by atoms with Crippen LogP contribution < -0.4 is 15.0 Å². The van der Waals surface area contributed by atoms with Crippen molar-refractivity contribution in [2.24, 2.45) is 5.92 Å². The molecule has 0 unspecified atom stereocenters. The molecule has 2 fully saturated rings. The van der Waals surface area contributed by atoms with Gasteiger partial charge in [0.25, 0.3) is 0 Å². The number of carbonyl (C=O) groups excluding carboxylic acids is 4. The lowest BCUT2D eigenvalue weighted by molar-refractivity contribution is -0.162. The molecular formula is C39H56IN3O10S. The molecule has 4 rings (SSSR count). The van der Waals surface area contributed by atoms with Gasteiger partial charge >= 0.3 is 12.1 Å². The largest absolute Gasteiger partial charge is 0.496 e. The van der Waals surface area contributed by atoms with E-state index in [2.05, 4.69) is 40.5 Å². The van der Waals surface area contributed by atoms with Crippen LogP contribution in [0.3, 0.4) is 0 Å². The lowest BCUT2D eigenvalue weighted by Gasteiger charge is -2.42. The molecule has 8 atom stereocenters. The predicted octanol–water partition coefficient (Wildman–Crippen LogP) is 5.28. The first-order valence-electron chi connectivity index (χ1n) is 18.1. The fourth-order valence-electron chi connectivity index (χ4n) is 7.08. The number of hydrogen-bond acceptors (Lipinski definition) is 11. The van der Waals surface area contributed by atoms with Crippen LogP contribution in [0.1, 0.15) is 78.4 Å². The summed E-state index contributed by atoms with van der Waals surface area (Å²) in [5.41, 5.74) is 0.355. The number of nitrogens with zero attached hydrogens (tertiary/aromatic N) is 2. The number of ether oxygens (including phenoxy) is 5. The van der Waals surface area contributed by atoms with Gasteiger partial charge in [-0.2, -0.15) is 12.6 Å². The number of nitrogens with one attached hydrogen (secondary N) is 1. The highest BCUT2D eigenvalue weighted by Crippen LogP contribution is 2.49. The van der Waals surface area contributed by atoms with E-state index in [0.29, 0.717) is 28.7 Å². The summed E-state index contributed by atoms with van der Waals surface area (Å²) in [5.74, 6) is -1.16. The second-order valence-corrected chi connectivity index (χ2v) is 17.5. The van der Waals surface area contributed by atoms with Crippen LogP contribution in [0.5, 0.6) is 5.75 Å². The molecule has 0 aliphatic carbocycles. The molecule has 3 amide bonds. The van der Waals surface area contributed by atoms with Gasteiger partial charge in [-0.05, 0) is 51.3 Å². The number of allylic oxidation sites excluding steroid dienone is 3. The van der Waals surface area contributed by atoms with Crippen molar-refractivity contribution >= 4 is 64.8 Å². The number of fused-ring (bicyclic) bond motifs is 5. The second kappa shape index (κ2) is 17.5. The Hall–Kier alpha value is -2.86. The maximum Gasteiger partial charge on any atom is 0.409 e. The smallest absolute Gasteiger partial charge is 0.409 e. The van der Waals surface area contributed by atoms with E-state index < -0.39 is 59.8 Å². The lowest BCUT2D eigenvalue weighted by Crippen LogP contribution is -2.63. The zero-order valence-corrected chi connectivity index (χ0v) is 36.0. The maximum absolute atomic E-state index is 14.3. The van der Waals surface area contributed by atoms with Crippen molar-refractivity contribution in [1.82, 2.24) is 10.2 Å². The molecule has 0 saturated carbocycles. The van der Waals surface area contributed by atoms with Gasteiger partial charge in [-0.25, -0.2) is 9.59 Å². The van der Waals surface area contributed by atoms with Crippen molar-refractivity contribution in [3.63, 3.8) is 0 Å². The summed E-state index contributed by atoms with van der Waals surface area (Å²) in [6.07, 6.45) is 1.97. The number of thiol groups is 1. The lowest BCUT2D eigenvalue weighted by atomic mass is 9.83. The minimum Gasteiger partial charge on any atom is -0.496 e. The number of aliphatic hydroxyl groups is 1. The molecule has 2 N–H and O–H groups in total. The summed E-state index contributed by atoms with van der Waals surface area (Å²) in [7, 11) is 6.26. The van der Waals surface area contributed by atoms with E-state index >= 15 is 0 Å². The Bertz CT molecular complexity index is 1650. The highest BCUT2D eigenvalue weighted by Gasteiger charge is 2.64. The number of amides is 3. The van der Waals surface area contributed by atoms with E-state index in [9.17, 15) is 24.3 Å². The third-order valence-corrected chi connectivity index (χ3v) is 11.8. The average Bonchev–Trinajstić information content (AvgIpc) is 3.81. The normalized spacial score (nSPS) is 31.2. The molecule has 13 nitrogen and oxygen atoms in total. The Morgan fingerprint density at radius 1 is 1.26 bits per heavy atom. The Labute approximate surface area is 338 Å². The molecule has 54 heavy (non-hydrogen) atoms. The molecule has 0 radical (unpaired) electrons. The summed E-state index contributed by atoms with van der Waals surface area (Å²) >= 11 is 6.76. The van der Waals surface area contributed by atoms with Gasteiger partial charge < -0.3 is 38.6 Å². The minimum absolute atomic E-state index is 0.0365. The van der Waals surface area contributed by atoms with Crippen molar-refractivity contribution in [2.45, 2.75) is 125 Å². The Balaban J connectivity index is 1.76. The van der Waals surface area contributed by atoms with Crippen molar-refractivity contribution in [1.29, 1.82) is 0 Å². The van der Waals surface area contributed by atoms with E-state index in [0.717, 1.165) is 16.7 Å². The number of alkyl halides is 1. The van der Waals surface area contributed by atoms with Gasteiger partial charge in [0.2, 0.25) is 11.8 Å². The second-order valence-electron chi connectivity index (χ2n) is 15.5. The monoisotopic (exact) mass is 885 g/mol. The summed E-state index contributed by atoms with van der Waals surface area (Å²) in [4.78, 5) is 57.0. The number of methoxy groups -OCH3 is 2. The fraction of sp³-hybridized carbons (Fsp3) is 0.641. The number of likely N-dealkylation sites (N-methyl/N-ethyl adjacent to an activating group) is 1. The molecule has 2 saturated heterocycles. The van der Waals surface area contributed by atoms with E-state index in [1.807, 2.05) is 45.9 Å². The van der Waals surface area contributed by atoms with Gasteiger partial charge in [0.15, 0.2) is 5.72 Å². The number of benzene rings is 1. The highest BCUT2D eigenvalue weighted by molar-refractivity contribution is 14.1. The van der Waals surface area contributed by atoms with Gasteiger partial charge in [0.1, 0.15) is 35.7 Å². The van der Waals surface area contributed by atoms with Gasteiger partial charge in [-0.3, -0.25) is 14.9 Å². The quantitative estimate of drug-likeness (QED) is 0.0981. The molecule has 0 spiro atoms. The third kappa shape index (κ3) is 10.1. The zero-order chi connectivity index (χ0) is 40.3. The third-order valence-electron chi connectivity index (χ3n) is 10.8. The van der Waals surface area contributed by atoms with Crippen LogP contribution in [0, 0.1) is 5.92 Å². The summed E-state index contributed by atoms with van der Waals surface area (Å²) in [6.45, 7) is 10.9. The van der Waals surface area contributed by atoms with Gasteiger partial charge in [-0.15, -0.1) is 0 Å². The van der Waals surface area contributed by atoms with Gasteiger partial charge in [0.05, 0.1) is 25.3 Å². The average molecular weight is 886 g/mol. The number of epoxide rings is 1. The highest BCUT2D eigenvalue weighted by atomic mass is 127. The van der Waals surface area contributed by atoms with Crippen molar-refractivity contribution in [3.8, 4) is 5.75 Å².